The average Bonchev–Trinajstić information content (AvgIpc) is 2.68. The van der Waals surface area contributed by atoms with Crippen molar-refractivity contribution in [1.29, 1.82) is 0 Å². The average molecular weight is 367 g/mol. The van der Waals surface area contributed by atoms with Crippen molar-refractivity contribution in [1.82, 2.24) is 4.90 Å². The van der Waals surface area contributed by atoms with Gasteiger partial charge in [0.05, 0.1) is 12.2 Å². The van der Waals surface area contributed by atoms with Crippen LogP contribution >= 0.6 is 0 Å². The van der Waals surface area contributed by atoms with Gasteiger partial charge < -0.3 is 20.2 Å². The minimum absolute atomic E-state index is 0.0788. The third-order valence-electron chi connectivity index (χ3n) is 5.15. The lowest BCUT2D eigenvalue weighted by Gasteiger charge is -2.39. The lowest BCUT2D eigenvalue weighted by atomic mass is 9.99. The first kappa shape index (κ1) is 19.2. The molecule has 0 aromatic heterocycles. The molecule has 1 atom stereocenters. The Kier molecular flexibility index (Phi) is 6.01. The van der Waals surface area contributed by atoms with Crippen molar-refractivity contribution < 1.29 is 9.90 Å². The molecule has 0 saturated carbocycles. The molecular formula is C22H29N3O2. The molecule has 2 N–H and O–H groups in total. The Morgan fingerprint density at radius 3 is 2.63 bits per heavy atom. The molecule has 144 valence electrons. The number of hydrogen-bond donors (Lipinski definition) is 2. The van der Waals surface area contributed by atoms with Gasteiger partial charge in [0, 0.05) is 31.0 Å². The maximum absolute atomic E-state index is 13.1. The van der Waals surface area contributed by atoms with Gasteiger partial charge in [-0.25, -0.2) is 0 Å². The number of aryl methyl sites for hydroxylation is 1. The second-order valence-corrected chi connectivity index (χ2v) is 6.94. The number of anilines is 2. The molecule has 0 spiro atoms. The van der Waals surface area contributed by atoms with Gasteiger partial charge in [0.25, 0.3) is 5.91 Å². The van der Waals surface area contributed by atoms with Crippen molar-refractivity contribution in [3.63, 3.8) is 0 Å². The monoisotopic (exact) mass is 367 g/mol. The van der Waals surface area contributed by atoms with Crippen LogP contribution in [0.25, 0.3) is 0 Å². The van der Waals surface area contributed by atoms with E-state index in [1.165, 1.54) is 0 Å². The fraction of sp³-hybridized carbons (Fsp3) is 0.409. The molecule has 2 aromatic rings. The van der Waals surface area contributed by atoms with E-state index >= 15 is 0 Å². The van der Waals surface area contributed by atoms with Gasteiger partial charge in [0.2, 0.25) is 0 Å². The summed E-state index contributed by atoms with van der Waals surface area (Å²) < 4.78 is 0. The van der Waals surface area contributed by atoms with Gasteiger partial charge >= 0.3 is 0 Å². The molecule has 1 amide bonds. The van der Waals surface area contributed by atoms with Crippen LogP contribution in [0, 0.1) is 6.92 Å². The van der Waals surface area contributed by atoms with Crippen LogP contribution < -0.4 is 10.2 Å². The molecule has 3 rings (SSSR count). The van der Waals surface area contributed by atoms with Gasteiger partial charge in [0.15, 0.2) is 0 Å². The molecule has 0 saturated heterocycles. The number of carbonyl (C=O) groups excluding carboxylic acids is 1. The molecule has 1 aliphatic rings. The number of fused-ring (bicyclic) bond motifs is 1. The lowest BCUT2D eigenvalue weighted by Crippen LogP contribution is -2.43. The zero-order chi connectivity index (χ0) is 19.4. The molecule has 0 radical (unpaired) electrons. The minimum Gasteiger partial charge on any atom is -0.395 e. The van der Waals surface area contributed by atoms with Crippen LogP contribution in [0.15, 0.2) is 42.5 Å². The van der Waals surface area contributed by atoms with Crippen LogP contribution in [-0.4, -0.2) is 42.2 Å². The van der Waals surface area contributed by atoms with Crippen molar-refractivity contribution >= 4 is 17.3 Å². The molecule has 0 bridgehead atoms. The fourth-order valence-corrected chi connectivity index (χ4v) is 3.76. The van der Waals surface area contributed by atoms with E-state index in [1.54, 1.807) is 0 Å². The van der Waals surface area contributed by atoms with Crippen LogP contribution in [0.2, 0.25) is 0 Å². The predicted octanol–water partition coefficient (Wildman–Crippen LogP) is 3.79. The Morgan fingerprint density at radius 2 is 1.96 bits per heavy atom. The van der Waals surface area contributed by atoms with Crippen molar-refractivity contribution in [2.75, 3.05) is 36.5 Å². The summed E-state index contributed by atoms with van der Waals surface area (Å²) in [6.07, 6.45) is 0.734. The standard InChI is InChI=1S/C22H29N3O2/c1-4-12-25-21(23-20-9-7-6-8-19(20)22(25)27)18-11-10-17(15-16(18)3)24(5-2)13-14-26/h6-11,15,21,23,26H,4-5,12-14H2,1-3H3/t21-/m1/s1. The summed E-state index contributed by atoms with van der Waals surface area (Å²) in [6, 6.07) is 14.0. The number of carbonyl (C=O) groups is 1. The van der Waals surface area contributed by atoms with Crippen molar-refractivity contribution in [3.05, 3.63) is 59.2 Å². The van der Waals surface area contributed by atoms with Gasteiger partial charge in [0.1, 0.15) is 6.17 Å². The van der Waals surface area contributed by atoms with Crippen LogP contribution in [0.3, 0.4) is 0 Å². The summed E-state index contributed by atoms with van der Waals surface area (Å²) in [5.74, 6) is 0.0788. The van der Waals surface area contributed by atoms with E-state index in [4.69, 9.17) is 0 Å². The molecule has 0 unspecified atom stereocenters. The molecule has 27 heavy (non-hydrogen) atoms. The number of aliphatic hydroxyl groups is 1. The van der Waals surface area contributed by atoms with E-state index in [2.05, 4.69) is 49.2 Å². The minimum atomic E-state index is -0.172. The number of benzene rings is 2. The Labute approximate surface area is 161 Å². The highest BCUT2D eigenvalue weighted by Crippen LogP contribution is 2.35. The van der Waals surface area contributed by atoms with Gasteiger partial charge in [-0.2, -0.15) is 0 Å². The molecule has 5 nitrogen and oxygen atoms in total. The molecule has 1 aliphatic heterocycles. The van der Waals surface area contributed by atoms with Crippen LogP contribution in [0.1, 0.15) is 47.9 Å². The zero-order valence-corrected chi connectivity index (χ0v) is 16.4. The highest BCUT2D eigenvalue weighted by molar-refractivity contribution is 6.01. The maximum atomic E-state index is 13.1. The van der Waals surface area contributed by atoms with Crippen molar-refractivity contribution in [2.45, 2.75) is 33.4 Å². The van der Waals surface area contributed by atoms with Crippen LogP contribution in [0.5, 0.6) is 0 Å². The topological polar surface area (TPSA) is 55.8 Å². The van der Waals surface area contributed by atoms with Crippen molar-refractivity contribution in [2.24, 2.45) is 0 Å². The van der Waals surface area contributed by atoms with Gasteiger partial charge in [-0.1, -0.05) is 25.1 Å². The van der Waals surface area contributed by atoms with E-state index < -0.39 is 0 Å². The number of nitrogens with one attached hydrogen (secondary N) is 1. The number of likely N-dealkylation sites (N-methyl/N-ethyl adjacent to an activating group) is 1. The number of nitrogens with zero attached hydrogens (tertiary/aromatic N) is 2. The Hall–Kier alpha value is -2.53. The molecule has 0 aliphatic carbocycles. The number of aliphatic hydroxyl groups excluding tert-OH is 1. The number of hydrogen-bond acceptors (Lipinski definition) is 4. The molecule has 2 aromatic carbocycles. The lowest BCUT2D eigenvalue weighted by molar-refractivity contribution is 0.0683. The third kappa shape index (κ3) is 3.78. The quantitative estimate of drug-likeness (QED) is 0.782. The second kappa shape index (κ2) is 8.44. The summed E-state index contributed by atoms with van der Waals surface area (Å²) in [5, 5.41) is 12.8. The van der Waals surface area contributed by atoms with Gasteiger partial charge in [-0.3, -0.25) is 4.79 Å². The van der Waals surface area contributed by atoms with Crippen molar-refractivity contribution in [3.8, 4) is 0 Å². The predicted molar refractivity (Wildman–Crippen MR) is 110 cm³/mol. The Bertz CT molecular complexity index is 806. The van der Waals surface area contributed by atoms with E-state index in [1.807, 2.05) is 29.2 Å². The van der Waals surface area contributed by atoms with E-state index in [0.717, 1.165) is 41.0 Å². The maximum Gasteiger partial charge on any atom is 0.257 e. The first-order chi connectivity index (χ1) is 13.1. The van der Waals surface area contributed by atoms with E-state index in [-0.39, 0.29) is 18.7 Å². The van der Waals surface area contributed by atoms with Gasteiger partial charge in [-0.05, 0) is 55.7 Å². The van der Waals surface area contributed by atoms with E-state index in [0.29, 0.717) is 13.1 Å². The summed E-state index contributed by atoms with van der Waals surface area (Å²) in [6.45, 7) is 8.56. The molecule has 1 heterocycles. The smallest absolute Gasteiger partial charge is 0.257 e. The number of para-hydroxylation sites is 1. The van der Waals surface area contributed by atoms with Crippen LogP contribution in [0.4, 0.5) is 11.4 Å². The highest BCUT2D eigenvalue weighted by atomic mass is 16.3. The summed E-state index contributed by atoms with van der Waals surface area (Å²) in [4.78, 5) is 17.1. The number of amides is 1. The molecular weight excluding hydrogens is 338 g/mol. The third-order valence-corrected chi connectivity index (χ3v) is 5.15. The van der Waals surface area contributed by atoms with E-state index in [9.17, 15) is 9.90 Å². The molecule has 0 fully saturated rings. The molecule has 5 heteroatoms. The number of rotatable bonds is 7. The fourth-order valence-electron chi connectivity index (χ4n) is 3.76. The van der Waals surface area contributed by atoms with Crippen LogP contribution in [-0.2, 0) is 0 Å². The summed E-state index contributed by atoms with van der Waals surface area (Å²) in [5.41, 5.74) is 4.96. The van der Waals surface area contributed by atoms with Gasteiger partial charge in [-0.15, -0.1) is 0 Å². The highest BCUT2D eigenvalue weighted by Gasteiger charge is 2.32. The first-order valence-electron chi connectivity index (χ1n) is 9.73. The summed E-state index contributed by atoms with van der Waals surface area (Å²) in [7, 11) is 0. The Balaban J connectivity index is 1.97. The normalized spacial score (nSPS) is 16.1. The first-order valence-corrected chi connectivity index (χ1v) is 9.73. The summed E-state index contributed by atoms with van der Waals surface area (Å²) >= 11 is 0. The Morgan fingerprint density at radius 1 is 1.19 bits per heavy atom. The SMILES string of the molecule is CCCN1C(=O)c2ccccc2N[C@H]1c1ccc(N(CC)CCO)cc1C. The largest absolute Gasteiger partial charge is 0.395 e. The zero-order valence-electron chi connectivity index (χ0n) is 16.4. The second-order valence-electron chi connectivity index (χ2n) is 6.94.